The number of amides is 2. The molecular formula is C18H25N3O5. The van der Waals surface area contributed by atoms with Gasteiger partial charge in [-0.25, -0.2) is 15.0 Å². The van der Waals surface area contributed by atoms with Crippen molar-refractivity contribution in [2.75, 3.05) is 13.2 Å². The zero-order valence-corrected chi connectivity index (χ0v) is 14.8. The van der Waals surface area contributed by atoms with Gasteiger partial charge in [0.25, 0.3) is 0 Å². The normalized spacial score (nSPS) is 17.6. The quantitative estimate of drug-likeness (QED) is 0.475. The van der Waals surface area contributed by atoms with Gasteiger partial charge < -0.3 is 14.7 Å². The van der Waals surface area contributed by atoms with Crippen molar-refractivity contribution in [3.8, 4) is 0 Å². The molecule has 1 aromatic rings. The number of esters is 1. The number of rotatable bonds is 8. The topological polar surface area (TPSA) is 108 Å². The number of carbonyl (C=O) groups is 3. The van der Waals surface area contributed by atoms with Crippen molar-refractivity contribution < 1.29 is 24.2 Å². The lowest BCUT2D eigenvalue weighted by Gasteiger charge is -2.24. The third-order valence-electron chi connectivity index (χ3n) is 4.29. The Morgan fingerprint density at radius 1 is 1.31 bits per heavy atom. The van der Waals surface area contributed by atoms with Crippen LogP contribution in [0.3, 0.4) is 0 Å². The monoisotopic (exact) mass is 363 g/mol. The van der Waals surface area contributed by atoms with E-state index in [9.17, 15) is 14.4 Å². The van der Waals surface area contributed by atoms with Crippen LogP contribution in [0.5, 0.6) is 0 Å². The van der Waals surface area contributed by atoms with E-state index in [4.69, 9.17) is 9.84 Å². The average molecular weight is 363 g/mol. The number of likely N-dealkylation sites (tertiary alicyclic amines) is 1. The molecule has 8 nitrogen and oxygen atoms in total. The Hall–Kier alpha value is -2.61. The van der Waals surface area contributed by atoms with Gasteiger partial charge in [0.2, 0.25) is 0 Å². The van der Waals surface area contributed by atoms with E-state index >= 15 is 0 Å². The van der Waals surface area contributed by atoms with Crippen LogP contribution in [0.1, 0.15) is 31.7 Å². The number of aryl methyl sites for hydroxylation is 1. The number of carboxylic acids is 1. The van der Waals surface area contributed by atoms with E-state index in [2.05, 4.69) is 10.9 Å². The Bertz CT molecular complexity index is 623. The molecule has 0 spiro atoms. The smallest absolute Gasteiger partial charge is 0.332 e. The molecule has 2 rings (SSSR count). The predicted molar refractivity (Wildman–Crippen MR) is 94.2 cm³/mol. The van der Waals surface area contributed by atoms with Gasteiger partial charge in [0.05, 0.1) is 6.61 Å². The van der Waals surface area contributed by atoms with Crippen molar-refractivity contribution in [1.29, 1.82) is 0 Å². The largest absolute Gasteiger partial charge is 0.480 e. The molecule has 26 heavy (non-hydrogen) atoms. The second-order valence-electron chi connectivity index (χ2n) is 6.09. The van der Waals surface area contributed by atoms with Crippen LogP contribution < -0.4 is 10.9 Å². The van der Waals surface area contributed by atoms with E-state index in [-0.39, 0.29) is 6.61 Å². The highest BCUT2D eigenvalue weighted by Crippen LogP contribution is 2.17. The molecule has 1 heterocycles. The molecule has 1 unspecified atom stereocenters. The molecule has 1 aliphatic heterocycles. The van der Waals surface area contributed by atoms with Crippen LogP contribution in [-0.4, -0.2) is 53.2 Å². The summed E-state index contributed by atoms with van der Waals surface area (Å²) in [6, 6.07) is 7.58. The van der Waals surface area contributed by atoms with Gasteiger partial charge >= 0.3 is 18.0 Å². The first-order valence-corrected chi connectivity index (χ1v) is 8.78. The van der Waals surface area contributed by atoms with Crippen molar-refractivity contribution in [2.24, 2.45) is 0 Å². The molecule has 2 amide bonds. The van der Waals surface area contributed by atoms with Crippen molar-refractivity contribution in [3.05, 3.63) is 35.9 Å². The van der Waals surface area contributed by atoms with Crippen molar-refractivity contribution in [3.63, 3.8) is 0 Å². The van der Waals surface area contributed by atoms with E-state index < -0.39 is 30.1 Å². The molecule has 0 aromatic heterocycles. The average Bonchev–Trinajstić information content (AvgIpc) is 3.12. The molecule has 2 atom stereocenters. The highest BCUT2D eigenvalue weighted by atomic mass is 16.5. The van der Waals surface area contributed by atoms with Crippen LogP contribution in [0.2, 0.25) is 0 Å². The third kappa shape index (κ3) is 5.45. The van der Waals surface area contributed by atoms with Crippen LogP contribution in [0.25, 0.3) is 0 Å². The number of hydrogen-bond donors (Lipinski definition) is 3. The Kier molecular flexibility index (Phi) is 7.40. The van der Waals surface area contributed by atoms with Crippen LogP contribution in [0.15, 0.2) is 30.3 Å². The summed E-state index contributed by atoms with van der Waals surface area (Å²) in [6.45, 7) is 2.33. The van der Waals surface area contributed by atoms with Gasteiger partial charge in [-0.1, -0.05) is 30.3 Å². The molecule has 0 radical (unpaired) electrons. The lowest BCUT2D eigenvalue weighted by atomic mass is 10.1. The number of carbonyl (C=O) groups excluding carboxylic acids is 2. The Morgan fingerprint density at radius 3 is 2.69 bits per heavy atom. The van der Waals surface area contributed by atoms with Crippen LogP contribution >= 0.6 is 0 Å². The first-order valence-electron chi connectivity index (χ1n) is 8.78. The fourth-order valence-electron chi connectivity index (χ4n) is 2.93. The number of ether oxygens (including phenoxy) is 1. The van der Waals surface area contributed by atoms with E-state index in [1.54, 1.807) is 6.92 Å². The first kappa shape index (κ1) is 19.7. The lowest BCUT2D eigenvalue weighted by molar-refractivity contribution is -0.146. The van der Waals surface area contributed by atoms with E-state index in [0.717, 1.165) is 5.56 Å². The van der Waals surface area contributed by atoms with Gasteiger partial charge in [0.15, 0.2) is 0 Å². The van der Waals surface area contributed by atoms with Crippen molar-refractivity contribution >= 4 is 18.0 Å². The van der Waals surface area contributed by atoms with Crippen molar-refractivity contribution in [2.45, 2.75) is 44.7 Å². The number of hydrogen-bond acceptors (Lipinski definition) is 5. The summed E-state index contributed by atoms with van der Waals surface area (Å²) in [5.41, 5.74) is 6.23. The molecule has 142 valence electrons. The first-order chi connectivity index (χ1) is 12.5. The molecule has 1 fully saturated rings. The number of carboxylic acid groups (broad SMARTS) is 1. The predicted octanol–water partition coefficient (Wildman–Crippen LogP) is 1.31. The molecular weight excluding hydrogens is 338 g/mol. The number of urea groups is 1. The second kappa shape index (κ2) is 9.76. The molecule has 0 saturated carbocycles. The minimum Gasteiger partial charge on any atom is -0.480 e. The summed E-state index contributed by atoms with van der Waals surface area (Å²) >= 11 is 0. The summed E-state index contributed by atoms with van der Waals surface area (Å²) in [4.78, 5) is 36.8. The maximum atomic E-state index is 12.3. The second-order valence-corrected chi connectivity index (χ2v) is 6.09. The standard InChI is InChI=1S/C18H25N3O5/c1-2-26-17(24)14(11-10-13-7-4-3-5-8-13)19-20-18(25)21-12-6-9-15(21)16(22)23/h3-5,7-8,14-15,19H,2,6,9-12H2,1H3,(H,20,25)(H,22,23)/t14?,15-/m0/s1. The maximum Gasteiger partial charge on any atom is 0.332 e. The molecule has 1 aliphatic rings. The molecule has 1 aromatic carbocycles. The van der Waals surface area contributed by atoms with Crippen LogP contribution in [0.4, 0.5) is 4.79 Å². The molecule has 0 aliphatic carbocycles. The maximum absolute atomic E-state index is 12.3. The number of nitrogens with one attached hydrogen (secondary N) is 2. The van der Waals surface area contributed by atoms with Crippen LogP contribution in [0, 0.1) is 0 Å². The molecule has 1 saturated heterocycles. The highest BCUT2D eigenvalue weighted by molar-refractivity contribution is 5.83. The van der Waals surface area contributed by atoms with Gasteiger partial charge in [0.1, 0.15) is 12.1 Å². The number of aliphatic carboxylic acids is 1. The summed E-state index contributed by atoms with van der Waals surface area (Å²) in [5, 5.41) is 9.16. The van der Waals surface area contributed by atoms with E-state index in [1.165, 1.54) is 4.90 Å². The van der Waals surface area contributed by atoms with Gasteiger partial charge in [-0.3, -0.25) is 10.2 Å². The van der Waals surface area contributed by atoms with Crippen molar-refractivity contribution in [1.82, 2.24) is 15.8 Å². The fourth-order valence-corrected chi connectivity index (χ4v) is 2.93. The fraction of sp³-hybridized carbons (Fsp3) is 0.500. The zero-order valence-electron chi connectivity index (χ0n) is 14.8. The summed E-state index contributed by atoms with van der Waals surface area (Å²) < 4.78 is 5.05. The van der Waals surface area contributed by atoms with Gasteiger partial charge in [-0.15, -0.1) is 0 Å². The lowest BCUT2D eigenvalue weighted by Crippen LogP contribution is -2.55. The van der Waals surface area contributed by atoms with Gasteiger partial charge in [0, 0.05) is 6.54 Å². The number of nitrogens with zero attached hydrogens (tertiary/aromatic N) is 1. The third-order valence-corrected chi connectivity index (χ3v) is 4.29. The summed E-state index contributed by atoms with van der Waals surface area (Å²) in [6.07, 6.45) is 2.14. The molecule has 8 heteroatoms. The number of hydrazine groups is 1. The number of benzene rings is 1. The zero-order chi connectivity index (χ0) is 18.9. The van der Waals surface area contributed by atoms with Gasteiger partial charge in [-0.2, -0.15) is 0 Å². The summed E-state index contributed by atoms with van der Waals surface area (Å²) in [7, 11) is 0. The Morgan fingerprint density at radius 2 is 2.04 bits per heavy atom. The minimum atomic E-state index is -1.02. The van der Waals surface area contributed by atoms with E-state index in [0.29, 0.717) is 32.2 Å². The molecule has 3 N–H and O–H groups in total. The summed E-state index contributed by atoms with van der Waals surface area (Å²) in [5.74, 6) is -1.48. The SMILES string of the molecule is CCOC(=O)C(CCc1ccccc1)NNC(=O)N1CCC[C@H]1C(=O)O. The minimum absolute atomic E-state index is 0.240. The van der Waals surface area contributed by atoms with E-state index in [1.807, 2.05) is 30.3 Å². The molecule has 0 bridgehead atoms. The highest BCUT2D eigenvalue weighted by Gasteiger charge is 2.34. The Labute approximate surface area is 152 Å². The van der Waals surface area contributed by atoms with Gasteiger partial charge in [-0.05, 0) is 38.2 Å². The van der Waals surface area contributed by atoms with Crippen LogP contribution in [-0.2, 0) is 20.7 Å². The Balaban J connectivity index is 1.92.